The highest BCUT2D eigenvalue weighted by molar-refractivity contribution is 5.93. The van der Waals surface area contributed by atoms with Crippen molar-refractivity contribution in [2.24, 2.45) is 0 Å². The minimum atomic E-state index is -0.146. The Labute approximate surface area is 88.7 Å². The lowest BCUT2D eigenvalue weighted by atomic mass is 10.2. The van der Waals surface area contributed by atoms with Gasteiger partial charge in [-0.05, 0) is 31.9 Å². The fourth-order valence-electron chi connectivity index (χ4n) is 2.25. The number of carbonyl (C=O) groups excluding carboxylic acids is 1. The van der Waals surface area contributed by atoms with Crippen molar-refractivity contribution in [1.82, 2.24) is 4.57 Å². The Balaban J connectivity index is 2.44. The van der Waals surface area contributed by atoms with E-state index in [9.17, 15) is 9.59 Å². The van der Waals surface area contributed by atoms with E-state index in [0.29, 0.717) is 11.6 Å². The fraction of sp³-hybridized carbons (Fsp3) is 0.500. The molecular formula is C12H15NO2. The summed E-state index contributed by atoms with van der Waals surface area (Å²) in [6.45, 7) is 1.44. The Hall–Kier alpha value is -1.38. The van der Waals surface area contributed by atoms with Gasteiger partial charge in [0.15, 0.2) is 5.78 Å². The summed E-state index contributed by atoms with van der Waals surface area (Å²) >= 11 is 0. The molecule has 0 amide bonds. The van der Waals surface area contributed by atoms with Crippen LogP contribution < -0.4 is 5.56 Å². The largest absolute Gasteiger partial charge is 0.312 e. The van der Waals surface area contributed by atoms with Gasteiger partial charge in [0.05, 0.1) is 5.56 Å². The summed E-state index contributed by atoms with van der Waals surface area (Å²) in [5.74, 6) is -0.146. The van der Waals surface area contributed by atoms with Crippen LogP contribution in [-0.2, 0) is 0 Å². The van der Waals surface area contributed by atoms with Crippen LogP contribution in [0, 0.1) is 0 Å². The topological polar surface area (TPSA) is 39.1 Å². The molecule has 1 heterocycles. The van der Waals surface area contributed by atoms with Crippen molar-refractivity contribution in [3.8, 4) is 0 Å². The van der Waals surface area contributed by atoms with Gasteiger partial charge >= 0.3 is 0 Å². The number of aromatic nitrogens is 1. The molecule has 0 unspecified atom stereocenters. The van der Waals surface area contributed by atoms with Crippen molar-refractivity contribution in [2.45, 2.75) is 38.6 Å². The molecule has 1 aliphatic carbocycles. The molecule has 0 N–H and O–H groups in total. The summed E-state index contributed by atoms with van der Waals surface area (Å²) in [6, 6.07) is 3.70. The lowest BCUT2D eigenvalue weighted by Gasteiger charge is -2.13. The summed E-state index contributed by atoms with van der Waals surface area (Å²) in [4.78, 5) is 23.2. The van der Waals surface area contributed by atoms with E-state index < -0.39 is 0 Å². The number of hydrogen-bond acceptors (Lipinski definition) is 2. The van der Waals surface area contributed by atoms with E-state index in [1.165, 1.54) is 19.8 Å². The van der Waals surface area contributed by atoms with Gasteiger partial charge in [0.1, 0.15) is 0 Å². The monoisotopic (exact) mass is 205 g/mol. The van der Waals surface area contributed by atoms with Crippen LogP contribution in [0.4, 0.5) is 0 Å². The van der Waals surface area contributed by atoms with Gasteiger partial charge in [-0.3, -0.25) is 9.59 Å². The molecule has 3 nitrogen and oxygen atoms in total. The fourth-order valence-corrected chi connectivity index (χ4v) is 2.25. The molecule has 0 spiro atoms. The number of nitrogens with zero attached hydrogens (tertiary/aromatic N) is 1. The minimum Gasteiger partial charge on any atom is -0.312 e. The summed E-state index contributed by atoms with van der Waals surface area (Å²) in [6.07, 6.45) is 6.27. The molecule has 3 heteroatoms. The second kappa shape index (κ2) is 4.01. The smallest absolute Gasteiger partial charge is 0.261 e. The number of carbonyl (C=O) groups is 1. The van der Waals surface area contributed by atoms with Crippen molar-refractivity contribution in [3.05, 3.63) is 34.2 Å². The van der Waals surface area contributed by atoms with Gasteiger partial charge < -0.3 is 4.57 Å². The minimum absolute atomic E-state index is 0.128. The SMILES string of the molecule is CC(=O)c1cccn(C2CCCC2)c1=O. The molecular weight excluding hydrogens is 190 g/mol. The van der Waals surface area contributed by atoms with E-state index in [1.54, 1.807) is 22.9 Å². The number of hydrogen-bond donors (Lipinski definition) is 0. The average Bonchev–Trinajstić information content (AvgIpc) is 2.70. The first kappa shape index (κ1) is 10.1. The third-order valence-electron chi connectivity index (χ3n) is 3.07. The third kappa shape index (κ3) is 1.87. The molecule has 0 saturated heterocycles. The predicted octanol–water partition coefficient (Wildman–Crippen LogP) is 2.17. The Bertz CT molecular complexity index is 427. The highest BCUT2D eigenvalue weighted by Crippen LogP contribution is 2.27. The first-order valence-corrected chi connectivity index (χ1v) is 5.42. The molecule has 1 saturated carbocycles. The highest BCUT2D eigenvalue weighted by atomic mass is 16.1. The number of pyridine rings is 1. The molecule has 80 valence electrons. The van der Waals surface area contributed by atoms with E-state index in [1.807, 2.05) is 0 Å². The van der Waals surface area contributed by atoms with Gasteiger partial charge in [0.2, 0.25) is 0 Å². The van der Waals surface area contributed by atoms with Gasteiger partial charge in [0, 0.05) is 12.2 Å². The zero-order valence-corrected chi connectivity index (χ0v) is 8.90. The summed E-state index contributed by atoms with van der Waals surface area (Å²) < 4.78 is 1.73. The molecule has 0 radical (unpaired) electrons. The van der Waals surface area contributed by atoms with Crippen molar-refractivity contribution < 1.29 is 4.79 Å². The molecule has 1 aliphatic rings. The Morgan fingerprint density at radius 2 is 2.07 bits per heavy atom. The lowest BCUT2D eigenvalue weighted by molar-refractivity contribution is 0.101. The second-order valence-corrected chi connectivity index (χ2v) is 4.13. The van der Waals surface area contributed by atoms with Gasteiger partial charge in [-0.15, -0.1) is 0 Å². The maximum absolute atomic E-state index is 11.9. The molecule has 15 heavy (non-hydrogen) atoms. The molecule has 1 aromatic heterocycles. The predicted molar refractivity (Wildman–Crippen MR) is 58.2 cm³/mol. The number of rotatable bonds is 2. The summed E-state index contributed by atoms with van der Waals surface area (Å²) in [5, 5.41) is 0. The molecule has 0 aromatic carbocycles. The zero-order chi connectivity index (χ0) is 10.8. The van der Waals surface area contributed by atoms with Gasteiger partial charge in [-0.25, -0.2) is 0 Å². The van der Waals surface area contributed by atoms with Crippen molar-refractivity contribution in [1.29, 1.82) is 0 Å². The first-order valence-electron chi connectivity index (χ1n) is 5.42. The van der Waals surface area contributed by atoms with E-state index >= 15 is 0 Å². The van der Waals surface area contributed by atoms with E-state index in [2.05, 4.69) is 0 Å². The van der Waals surface area contributed by atoms with Gasteiger partial charge in [0.25, 0.3) is 5.56 Å². The number of Topliss-reactive ketones (excluding diaryl/α,β-unsaturated/α-hetero) is 1. The Morgan fingerprint density at radius 1 is 1.40 bits per heavy atom. The van der Waals surface area contributed by atoms with Crippen LogP contribution >= 0.6 is 0 Å². The average molecular weight is 205 g/mol. The maximum atomic E-state index is 11.9. The standard InChI is InChI=1S/C12H15NO2/c1-9(14)11-7-4-8-13(12(11)15)10-5-2-3-6-10/h4,7-8,10H,2-3,5-6H2,1H3. The molecule has 1 aromatic rings. The normalized spacial score (nSPS) is 16.9. The van der Waals surface area contributed by atoms with E-state index in [4.69, 9.17) is 0 Å². The van der Waals surface area contributed by atoms with Gasteiger partial charge in [-0.2, -0.15) is 0 Å². The summed E-state index contributed by atoms with van der Waals surface area (Å²) in [7, 11) is 0. The third-order valence-corrected chi connectivity index (χ3v) is 3.07. The van der Waals surface area contributed by atoms with Crippen LogP contribution in [-0.4, -0.2) is 10.4 Å². The second-order valence-electron chi connectivity index (χ2n) is 4.13. The van der Waals surface area contributed by atoms with Gasteiger partial charge in [-0.1, -0.05) is 12.8 Å². The van der Waals surface area contributed by atoms with Crippen LogP contribution in [0.5, 0.6) is 0 Å². The van der Waals surface area contributed by atoms with Crippen molar-refractivity contribution >= 4 is 5.78 Å². The molecule has 1 fully saturated rings. The van der Waals surface area contributed by atoms with E-state index in [0.717, 1.165) is 12.8 Å². The molecule has 2 rings (SSSR count). The van der Waals surface area contributed by atoms with Crippen LogP contribution in [0.25, 0.3) is 0 Å². The van der Waals surface area contributed by atoms with Crippen LogP contribution in [0.2, 0.25) is 0 Å². The van der Waals surface area contributed by atoms with E-state index in [-0.39, 0.29) is 11.3 Å². The molecule has 0 aliphatic heterocycles. The van der Waals surface area contributed by atoms with Crippen LogP contribution in [0.15, 0.2) is 23.1 Å². The van der Waals surface area contributed by atoms with Crippen LogP contribution in [0.1, 0.15) is 49.0 Å². The highest BCUT2D eigenvalue weighted by Gasteiger charge is 2.19. The van der Waals surface area contributed by atoms with Crippen LogP contribution in [0.3, 0.4) is 0 Å². The Morgan fingerprint density at radius 3 is 2.67 bits per heavy atom. The first-order chi connectivity index (χ1) is 7.20. The molecule has 0 bridgehead atoms. The summed E-state index contributed by atoms with van der Waals surface area (Å²) in [5.41, 5.74) is 0.182. The maximum Gasteiger partial charge on any atom is 0.261 e. The Kier molecular flexibility index (Phi) is 2.71. The zero-order valence-electron chi connectivity index (χ0n) is 8.90. The molecule has 0 atom stereocenters. The number of ketones is 1. The van der Waals surface area contributed by atoms with Crippen molar-refractivity contribution in [3.63, 3.8) is 0 Å². The van der Waals surface area contributed by atoms with Crippen molar-refractivity contribution in [2.75, 3.05) is 0 Å². The lowest BCUT2D eigenvalue weighted by Crippen LogP contribution is -2.27. The quantitative estimate of drug-likeness (QED) is 0.694.